The van der Waals surface area contributed by atoms with Gasteiger partial charge in [0, 0.05) is 5.92 Å². The first-order chi connectivity index (χ1) is 13.2. The Morgan fingerprint density at radius 3 is 1.59 bits per heavy atom. The molecule has 27 heavy (non-hydrogen) atoms. The van der Waals surface area contributed by atoms with Crippen molar-refractivity contribution in [2.45, 2.75) is 90.4 Å². The maximum atomic E-state index is 9.44. The second-order valence-electron chi connectivity index (χ2n) is 7.99. The van der Waals surface area contributed by atoms with Gasteiger partial charge in [-0.3, -0.25) is 0 Å². The number of phenols is 1. The third-order valence-electron chi connectivity index (χ3n) is 5.69. The van der Waals surface area contributed by atoms with Crippen LogP contribution in [0.2, 0.25) is 0 Å². The van der Waals surface area contributed by atoms with Gasteiger partial charge in [0.05, 0.1) is 0 Å². The van der Waals surface area contributed by atoms with Gasteiger partial charge in [-0.2, -0.15) is 0 Å². The summed E-state index contributed by atoms with van der Waals surface area (Å²) in [5, 5.41) is 9.44. The van der Waals surface area contributed by atoms with E-state index in [4.69, 9.17) is 0 Å². The van der Waals surface area contributed by atoms with Gasteiger partial charge >= 0.3 is 0 Å². The van der Waals surface area contributed by atoms with Gasteiger partial charge in [0.15, 0.2) is 0 Å². The van der Waals surface area contributed by atoms with Crippen molar-refractivity contribution in [3.05, 3.63) is 65.2 Å². The molecule has 0 saturated carbocycles. The molecule has 2 rings (SSSR count). The molecule has 0 aromatic heterocycles. The van der Waals surface area contributed by atoms with E-state index in [1.54, 1.807) is 12.1 Å². The smallest absolute Gasteiger partial charge is 0.115 e. The minimum absolute atomic E-state index is 0.331. The van der Waals surface area contributed by atoms with Gasteiger partial charge in [0.1, 0.15) is 5.75 Å². The molecule has 1 unspecified atom stereocenters. The first-order valence-electron chi connectivity index (χ1n) is 11.1. The van der Waals surface area contributed by atoms with E-state index >= 15 is 0 Å². The number of aryl methyl sites for hydroxylation is 1. The van der Waals surface area contributed by atoms with Gasteiger partial charge in [0.2, 0.25) is 0 Å². The molecule has 0 aliphatic heterocycles. The van der Waals surface area contributed by atoms with Gasteiger partial charge < -0.3 is 5.11 Å². The number of aromatic hydroxyl groups is 1. The van der Waals surface area contributed by atoms with Gasteiger partial charge in [-0.1, -0.05) is 108 Å². The lowest BCUT2D eigenvalue weighted by Gasteiger charge is -2.13. The van der Waals surface area contributed by atoms with Crippen LogP contribution >= 0.6 is 0 Å². The summed E-state index contributed by atoms with van der Waals surface area (Å²) in [5.41, 5.74) is 4.04. The van der Waals surface area contributed by atoms with Crippen molar-refractivity contribution >= 4 is 0 Å². The summed E-state index contributed by atoms with van der Waals surface area (Å²) in [6.45, 7) is 4.51. The standard InChI is InChI=1S/C26H38O/c1-3-4-5-6-7-8-9-10-11-12-13-23-14-16-24(17-15-23)22(2)25-18-20-26(27)21-19-25/h14-22,27H,3-13H2,1-2H3. The highest BCUT2D eigenvalue weighted by molar-refractivity contribution is 5.36. The number of hydrogen-bond acceptors (Lipinski definition) is 1. The first kappa shape index (κ1) is 21.5. The molecule has 0 fully saturated rings. The number of phenolic OH excluding ortho intramolecular Hbond substituents is 1. The third-order valence-corrected chi connectivity index (χ3v) is 5.69. The Labute approximate surface area is 166 Å². The average Bonchev–Trinajstić information content (AvgIpc) is 2.70. The first-order valence-corrected chi connectivity index (χ1v) is 11.1. The Morgan fingerprint density at radius 2 is 1.07 bits per heavy atom. The Bertz CT molecular complexity index is 612. The van der Waals surface area contributed by atoms with Crippen molar-refractivity contribution in [2.75, 3.05) is 0 Å². The number of hydrogen-bond donors (Lipinski definition) is 1. The highest BCUT2D eigenvalue weighted by Crippen LogP contribution is 2.26. The Hall–Kier alpha value is -1.76. The molecule has 148 valence electrons. The van der Waals surface area contributed by atoms with Crippen molar-refractivity contribution in [2.24, 2.45) is 0 Å². The molecule has 2 aromatic rings. The fraction of sp³-hybridized carbons (Fsp3) is 0.538. The molecular formula is C26H38O. The van der Waals surface area contributed by atoms with E-state index in [0.717, 1.165) is 0 Å². The predicted octanol–water partition coefficient (Wildman–Crippen LogP) is 8.01. The fourth-order valence-corrected chi connectivity index (χ4v) is 3.74. The Morgan fingerprint density at radius 1 is 0.630 bits per heavy atom. The van der Waals surface area contributed by atoms with Gasteiger partial charge in [0.25, 0.3) is 0 Å². The van der Waals surface area contributed by atoms with Crippen LogP contribution in [0, 0.1) is 0 Å². The van der Waals surface area contributed by atoms with Crippen LogP contribution in [0.5, 0.6) is 5.75 Å². The van der Waals surface area contributed by atoms with Crippen LogP contribution in [0.25, 0.3) is 0 Å². The Kier molecular flexibility index (Phi) is 10.0. The molecule has 1 N–H and O–H groups in total. The molecule has 1 nitrogen and oxygen atoms in total. The largest absolute Gasteiger partial charge is 0.508 e. The summed E-state index contributed by atoms with van der Waals surface area (Å²) < 4.78 is 0. The van der Waals surface area contributed by atoms with E-state index in [1.165, 1.54) is 87.3 Å². The zero-order chi connectivity index (χ0) is 19.3. The molecule has 0 aliphatic rings. The highest BCUT2D eigenvalue weighted by atomic mass is 16.3. The maximum absolute atomic E-state index is 9.44. The highest BCUT2D eigenvalue weighted by Gasteiger charge is 2.08. The molecule has 0 bridgehead atoms. The van der Waals surface area contributed by atoms with Gasteiger partial charge in [-0.25, -0.2) is 0 Å². The van der Waals surface area contributed by atoms with Gasteiger partial charge in [-0.05, 0) is 41.7 Å². The molecule has 2 aromatic carbocycles. The summed E-state index contributed by atoms with van der Waals surface area (Å²) in [5.74, 6) is 0.690. The summed E-state index contributed by atoms with van der Waals surface area (Å²) in [6.07, 6.45) is 15.1. The SMILES string of the molecule is CCCCCCCCCCCCc1ccc(C(C)c2ccc(O)cc2)cc1. The average molecular weight is 367 g/mol. The van der Waals surface area contributed by atoms with E-state index in [0.29, 0.717) is 11.7 Å². The van der Waals surface area contributed by atoms with Gasteiger partial charge in [-0.15, -0.1) is 0 Å². The molecule has 1 heteroatoms. The zero-order valence-corrected chi connectivity index (χ0v) is 17.4. The Balaban J connectivity index is 1.62. The van der Waals surface area contributed by atoms with Crippen LogP contribution in [0.15, 0.2) is 48.5 Å². The summed E-state index contributed by atoms with van der Waals surface area (Å²) >= 11 is 0. The molecule has 0 radical (unpaired) electrons. The molecule has 0 heterocycles. The topological polar surface area (TPSA) is 20.2 Å². The van der Waals surface area contributed by atoms with Crippen molar-refractivity contribution in [1.29, 1.82) is 0 Å². The second-order valence-corrected chi connectivity index (χ2v) is 7.99. The summed E-state index contributed by atoms with van der Waals surface area (Å²) in [4.78, 5) is 0. The molecule has 0 aliphatic carbocycles. The maximum Gasteiger partial charge on any atom is 0.115 e. The van der Waals surface area contributed by atoms with Crippen LogP contribution in [-0.2, 0) is 6.42 Å². The van der Waals surface area contributed by atoms with Crippen molar-refractivity contribution in [3.63, 3.8) is 0 Å². The van der Waals surface area contributed by atoms with Crippen molar-refractivity contribution in [3.8, 4) is 5.75 Å². The molecule has 0 amide bonds. The van der Waals surface area contributed by atoms with Crippen molar-refractivity contribution < 1.29 is 5.11 Å². The molecule has 0 saturated heterocycles. The molecular weight excluding hydrogens is 328 g/mol. The second kappa shape index (κ2) is 12.6. The molecule has 1 atom stereocenters. The van der Waals surface area contributed by atoms with Crippen LogP contribution in [0.1, 0.15) is 101 Å². The van der Waals surface area contributed by atoms with Crippen LogP contribution in [0.3, 0.4) is 0 Å². The lowest BCUT2D eigenvalue weighted by molar-refractivity contribution is 0.475. The quantitative estimate of drug-likeness (QED) is 0.356. The van der Waals surface area contributed by atoms with E-state index < -0.39 is 0 Å². The third kappa shape index (κ3) is 8.20. The number of rotatable bonds is 13. The number of benzene rings is 2. The van der Waals surface area contributed by atoms with Crippen molar-refractivity contribution in [1.82, 2.24) is 0 Å². The van der Waals surface area contributed by atoms with Crippen LogP contribution in [0.4, 0.5) is 0 Å². The normalized spacial score (nSPS) is 12.2. The predicted molar refractivity (Wildman–Crippen MR) is 118 cm³/mol. The van der Waals surface area contributed by atoms with E-state index in [-0.39, 0.29) is 0 Å². The van der Waals surface area contributed by atoms with Crippen LogP contribution in [-0.4, -0.2) is 5.11 Å². The minimum atomic E-state index is 0.331. The number of unbranched alkanes of at least 4 members (excludes halogenated alkanes) is 9. The van der Waals surface area contributed by atoms with E-state index in [9.17, 15) is 5.11 Å². The monoisotopic (exact) mass is 366 g/mol. The van der Waals surface area contributed by atoms with E-state index in [2.05, 4.69) is 38.1 Å². The lowest BCUT2D eigenvalue weighted by atomic mass is 9.92. The van der Waals surface area contributed by atoms with Crippen LogP contribution < -0.4 is 0 Å². The van der Waals surface area contributed by atoms with E-state index in [1.807, 2.05) is 12.1 Å². The summed E-state index contributed by atoms with van der Waals surface area (Å²) in [6, 6.07) is 16.7. The lowest BCUT2D eigenvalue weighted by Crippen LogP contribution is -1.96. The fourth-order valence-electron chi connectivity index (χ4n) is 3.74. The zero-order valence-electron chi connectivity index (χ0n) is 17.4. The minimum Gasteiger partial charge on any atom is -0.508 e. The summed E-state index contributed by atoms with van der Waals surface area (Å²) in [7, 11) is 0. The molecule has 0 spiro atoms.